The summed E-state index contributed by atoms with van der Waals surface area (Å²) in [4.78, 5) is 14.3. The molecule has 0 aromatic heterocycles. The number of thiol groups is 1. The molecule has 2 nitrogen and oxygen atoms in total. The van der Waals surface area contributed by atoms with E-state index < -0.39 is 0 Å². The van der Waals surface area contributed by atoms with Crippen molar-refractivity contribution < 1.29 is 4.79 Å². The van der Waals surface area contributed by atoms with Crippen molar-refractivity contribution in [2.45, 2.75) is 18.2 Å². The zero-order valence-corrected chi connectivity index (χ0v) is 12.1. The van der Waals surface area contributed by atoms with Crippen molar-refractivity contribution in [3.8, 4) is 0 Å². The lowest BCUT2D eigenvalue weighted by molar-refractivity contribution is -0.127. The van der Waals surface area contributed by atoms with Crippen LogP contribution in [0, 0.1) is 0 Å². The van der Waals surface area contributed by atoms with Crippen LogP contribution in [0.15, 0.2) is 29.2 Å². The summed E-state index contributed by atoms with van der Waals surface area (Å²) in [7, 11) is 1.82. The van der Waals surface area contributed by atoms with Crippen molar-refractivity contribution in [2.24, 2.45) is 0 Å². The molecule has 1 aromatic rings. The molecule has 1 aromatic carbocycles. The van der Waals surface area contributed by atoms with Gasteiger partial charge in [-0.15, -0.1) is 11.8 Å². The van der Waals surface area contributed by atoms with Gasteiger partial charge in [-0.2, -0.15) is 12.6 Å². The van der Waals surface area contributed by atoms with Crippen LogP contribution in [0.4, 0.5) is 0 Å². The molecule has 0 aliphatic rings. The standard InChI is InChI=1S/C13H19NOS2/c1-3-17-12-6-4-11(5-7-12)8-9-14(2)13(15)10-16/h4-7,16H,3,8-10H2,1-2H3. The molecular formula is C13H19NOS2. The van der Waals surface area contributed by atoms with Crippen LogP contribution in [-0.2, 0) is 11.2 Å². The van der Waals surface area contributed by atoms with Crippen molar-refractivity contribution in [1.82, 2.24) is 4.90 Å². The largest absolute Gasteiger partial charge is 0.345 e. The second kappa shape index (κ2) is 7.67. The highest BCUT2D eigenvalue weighted by Gasteiger charge is 2.05. The Kier molecular flexibility index (Phi) is 6.52. The first-order chi connectivity index (χ1) is 8.17. The van der Waals surface area contributed by atoms with Gasteiger partial charge in [0.2, 0.25) is 5.91 Å². The van der Waals surface area contributed by atoms with E-state index in [9.17, 15) is 4.79 Å². The van der Waals surface area contributed by atoms with Gasteiger partial charge in [0, 0.05) is 18.5 Å². The van der Waals surface area contributed by atoms with Gasteiger partial charge in [-0.1, -0.05) is 19.1 Å². The molecule has 0 atom stereocenters. The van der Waals surface area contributed by atoms with E-state index in [-0.39, 0.29) is 11.7 Å². The Hall–Kier alpha value is -0.610. The average Bonchev–Trinajstić information content (AvgIpc) is 2.37. The Morgan fingerprint density at radius 2 is 2.00 bits per heavy atom. The molecule has 94 valence electrons. The van der Waals surface area contributed by atoms with Crippen LogP contribution in [0.1, 0.15) is 12.5 Å². The van der Waals surface area contributed by atoms with Crippen molar-refractivity contribution in [3.05, 3.63) is 29.8 Å². The van der Waals surface area contributed by atoms with E-state index >= 15 is 0 Å². The topological polar surface area (TPSA) is 20.3 Å². The summed E-state index contributed by atoms with van der Waals surface area (Å²) in [5.74, 6) is 1.45. The molecule has 0 saturated heterocycles. The summed E-state index contributed by atoms with van der Waals surface area (Å²) in [5, 5.41) is 0. The minimum atomic E-state index is 0.0755. The third-order valence-corrected chi connectivity index (χ3v) is 3.70. The highest BCUT2D eigenvalue weighted by molar-refractivity contribution is 7.99. The van der Waals surface area contributed by atoms with E-state index in [1.165, 1.54) is 10.5 Å². The van der Waals surface area contributed by atoms with E-state index in [0.717, 1.165) is 18.7 Å². The van der Waals surface area contributed by atoms with Gasteiger partial charge in [-0.05, 0) is 29.9 Å². The molecule has 0 aliphatic carbocycles. The van der Waals surface area contributed by atoms with Gasteiger partial charge < -0.3 is 4.90 Å². The van der Waals surface area contributed by atoms with Crippen molar-refractivity contribution in [2.75, 3.05) is 25.1 Å². The van der Waals surface area contributed by atoms with Gasteiger partial charge in [0.25, 0.3) is 0 Å². The van der Waals surface area contributed by atoms with Crippen LogP contribution < -0.4 is 0 Å². The zero-order valence-electron chi connectivity index (χ0n) is 10.3. The minimum Gasteiger partial charge on any atom is -0.345 e. The van der Waals surface area contributed by atoms with E-state index in [0.29, 0.717) is 0 Å². The first kappa shape index (κ1) is 14.5. The molecule has 0 unspecified atom stereocenters. The van der Waals surface area contributed by atoms with Crippen LogP contribution >= 0.6 is 24.4 Å². The molecule has 0 N–H and O–H groups in total. The van der Waals surface area contributed by atoms with Gasteiger partial charge in [-0.25, -0.2) is 0 Å². The third-order valence-electron chi connectivity index (χ3n) is 2.53. The Balaban J connectivity index is 2.44. The number of nitrogens with zero attached hydrogens (tertiary/aromatic N) is 1. The van der Waals surface area contributed by atoms with Gasteiger partial charge >= 0.3 is 0 Å². The molecule has 0 heterocycles. The van der Waals surface area contributed by atoms with Crippen molar-refractivity contribution in [1.29, 1.82) is 0 Å². The molecule has 0 fully saturated rings. The number of likely N-dealkylation sites (N-methyl/N-ethyl adjacent to an activating group) is 1. The van der Waals surface area contributed by atoms with Crippen LogP contribution in [0.2, 0.25) is 0 Å². The summed E-state index contributed by atoms with van der Waals surface area (Å²) in [6.07, 6.45) is 0.896. The smallest absolute Gasteiger partial charge is 0.232 e. The van der Waals surface area contributed by atoms with Gasteiger partial charge in [0.15, 0.2) is 0 Å². The quantitative estimate of drug-likeness (QED) is 0.633. The second-order valence-corrected chi connectivity index (χ2v) is 5.45. The number of amides is 1. The average molecular weight is 269 g/mol. The third kappa shape index (κ3) is 5.04. The fourth-order valence-electron chi connectivity index (χ4n) is 1.46. The molecule has 17 heavy (non-hydrogen) atoms. The summed E-state index contributed by atoms with van der Waals surface area (Å²) in [6.45, 7) is 2.90. The lowest BCUT2D eigenvalue weighted by atomic mass is 10.1. The molecule has 0 radical (unpaired) electrons. The number of hydrogen-bond acceptors (Lipinski definition) is 3. The number of carbonyl (C=O) groups is 1. The van der Waals surface area contributed by atoms with E-state index in [2.05, 4.69) is 43.8 Å². The van der Waals surface area contributed by atoms with E-state index in [1.807, 2.05) is 18.8 Å². The number of thioether (sulfide) groups is 1. The second-order valence-electron chi connectivity index (χ2n) is 3.80. The van der Waals surface area contributed by atoms with Crippen LogP contribution in [0.3, 0.4) is 0 Å². The number of carbonyl (C=O) groups excluding carboxylic acids is 1. The molecule has 0 saturated carbocycles. The zero-order chi connectivity index (χ0) is 12.7. The highest BCUT2D eigenvalue weighted by Crippen LogP contribution is 2.17. The summed E-state index contributed by atoms with van der Waals surface area (Å²) >= 11 is 5.82. The normalized spacial score (nSPS) is 10.3. The van der Waals surface area contributed by atoms with Gasteiger partial charge in [0.1, 0.15) is 0 Å². The predicted octanol–water partition coefficient (Wildman–Crippen LogP) is 2.73. The molecule has 0 bridgehead atoms. The Morgan fingerprint density at radius 1 is 1.35 bits per heavy atom. The molecule has 1 rings (SSSR count). The Morgan fingerprint density at radius 3 is 2.53 bits per heavy atom. The lowest BCUT2D eigenvalue weighted by Gasteiger charge is -2.15. The fraction of sp³-hybridized carbons (Fsp3) is 0.462. The highest BCUT2D eigenvalue weighted by atomic mass is 32.2. The molecule has 4 heteroatoms. The molecule has 0 spiro atoms. The van der Waals surface area contributed by atoms with Crippen LogP contribution in [0.25, 0.3) is 0 Å². The number of benzene rings is 1. The van der Waals surface area contributed by atoms with Crippen LogP contribution in [-0.4, -0.2) is 35.9 Å². The monoisotopic (exact) mass is 269 g/mol. The predicted molar refractivity (Wildman–Crippen MR) is 78.0 cm³/mol. The maximum absolute atomic E-state index is 11.3. The Labute approximate surface area is 113 Å². The molecular weight excluding hydrogens is 250 g/mol. The first-order valence-corrected chi connectivity index (χ1v) is 7.35. The van der Waals surface area contributed by atoms with Crippen molar-refractivity contribution >= 4 is 30.3 Å². The fourth-order valence-corrected chi connectivity index (χ4v) is 2.36. The lowest BCUT2D eigenvalue weighted by Crippen LogP contribution is -2.29. The Bertz CT molecular complexity index is 351. The maximum Gasteiger partial charge on any atom is 0.232 e. The maximum atomic E-state index is 11.3. The van der Waals surface area contributed by atoms with Crippen molar-refractivity contribution in [3.63, 3.8) is 0 Å². The van der Waals surface area contributed by atoms with Gasteiger partial charge in [-0.3, -0.25) is 4.79 Å². The van der Waals surface area contributed by atoms with E-state index in [4.69, 9.17) is 0 Å². The van der Waals surface area contributed by atoms with Gasteiger partial charge in [0.05, 0.1) is 5.75 Å². The summed E-state index contributed by atoms with van der Waals surface area (Å²) in [6, 6.07) is 8.56. The summed E-state index contributed by atoms with van der Waals surface area (Å²) < 4.78 is 0. The number of hydrogen-bond donors (Lipinski definition) is 1. The molecule has 1 amide bonds. The molecule has 0 aliphatic heterocycles. The minimum absolute atomic E-state index is 0.0755. The first-order valence-electron chi connectivity index (χ1n) is 5.74. The number of rotatable bonds is 6. The van der Waals surface area contributed by atoms with Crippen LogP contribution in [0.5, 0.6) is 0 Å². The SMILES string of the molecule is CCSc1ccc(CCN(C)C(=O)CS)cc1. The summed E-state index contributed by atoms with van der Waals surface area (Å²) in [5.41, 5.74) is 1.27. The van der Waals surface area contributed by atoms with E-state index in [1.54, 1.807) is 4.90 Å².